The summed E-state index contributed by atoms with van der Waals surface area (Å²) in [5, 5.41) is 0. The van der Waals surface area contributed by atoms with Crippen molar-refractivity contribution < 1.29 is 14.3 Å². The minimum atomic E-state index is -0.766. The van der Waals surface area contributed by atoms with Crippen molar-refractivity contribution in [1.29, 1.82) is 0 Å². The van der Waals surface area contributed by atoms with Gasteiger partial charge in [0.05, 0.1) is 0 Å². The molecule has 0 spiro atoms. The van der Waals surface area contributed by atoms with E-state index in [9.17, 15) is 9.59 Å². The first-order chi connectivity index (χ1) is 8.91. The van der Waals surface area contributed by atoms with Crippen LogP contribution in [-0.4, -0.2) is 23.6 Å². The van der Waals surface area contributed by atoms with E-state index >= 15 is 0 Å². The van der Waals surface area contributed by atoms with Gasteiger partial charge in [-0.15, -0.1) is 0 Å². The molecule has 0 saturated heterocycles. The average Bonchev–Trinajstić information content (AvgIpc) is 2.65. The van der Waals surface area contributed by atoms with Crippen LogP contribution in [0.4, 0.5) is 0 Å². The van der Waals surface area contributed by atoms with Crippen molar-refractivity contribution in [1.82, 2.24) is 4.90 Å². The highest BCUT2D eigenvalue weighted by Crippen LogP contribution is 2.32. The molecular weight excluding hydrogens is 244 g/mol. The molecule has 0 saturated carbocycles. The number of Topliss-reactive ketones (excluding diaryl/α,β-unsaturated/α-hetero) is 1. The monoisotopic (exact) mass is 260 g/mol. The van der Waals surface area contributed by atoms with Crippen molar-refractivity contribution in [2.45, 2.75) is 20.0 Å². The van der Waals surface area contributed by atoms with Gasteiger partial charge in [-0.1, -0.05) is 29.8 Å². The predicted octanol–water partition coefficient (Wildman–Crippen LogP) is 1.24. The second-order valence-corrected chi connectivity index (χ2v) is 4.56. The fourth-order valence-corrected chi connectivity index (χ4v) is 1.93. The lowest BCUT2D eigenvalue weighted by Crippen LogP contribution is -2.29. The Hall–Kier alpha value is -2.30. The summed E-state index contributed by atoms with van der Waals surface area (Å²) < 4.78 is 5.40. The van der Waals surface area contributed by atoms with E-state index in [0.29, 0.717) is 0 Å². The van der Waals surface area contributed by atoms with Gasteiger partial charge in [-0.3, -0.25) is 9.59 Å². The molecule has 1 amide bonds. The van der Waals surface area contributed by atoms with Gasteiger partial charge in [-0.25, -0.2) is 0 Å². The number of rotatable bonds is 2. The van der Waals surface area contributed by atoms with Gasteiger partial charge in [0, 0.05) is 19.5 Å². The van der Waals surface area contributed by atoms with Crippen LogP contribution in [0.3, 0.4) is 0 Å². The third kappa shape index (κ3) is 2.31. The van der Waals surface area contributed by atoms with Crippen molar-refractivity contribution >= 4 is 11.7 Å². The molecule has 1 atom stereocenters. The molecule has 5 heteroatoms. The van der Waals surface area contributed by atoms with Crippen LogP contribution >= 0.6 is 0 Å². The van der Waals surface area contributed by atoms with Gasteiger partial charge in [0.1, 0.15) is 0 Å². The molecule has 1 aliphatic rings. The Morgan fingerprint density at radius 2 is 1.89 bits per heavy atom. The Morgan fingerprint density at radius 3 is 2.42 bits per heavy atom. The zero-order chi connectivity index (χ0) is 14.2. The lowest BCUT2D eigenvalue weighted by molar-refractivity contribution is -0.130. The normalized spacial score (nSPS) is 18.5. The first kappa shape index (κ1) is 13.1. The van der Waals surface area contributed by atoms with Crippen molar-refractivity contribution in [3.8, 4) is 0 Å². The van der Waals surface area contributed by atoms with Crippen LogP contribution in [0.25, 0.3) is 0 Å². The van der Waals surface area contributed by atoms with Crippen LogP contribution in [0.15, 0.2) is 35.8 Å². The van der Waals surface area contributed by atoms with E-state index in [1.54, 1.807) is 0 Å². The van der Waals surface area contributed by atoms with Crippen LogP contribution in [0.1, 0.15) is 24.2 Å². The van der Waals surface area contributed by atoms with Gasteiger partial charge in [-0.2, -0.15) is 0 Å². The summed E-state index contributed by atoms with van der Waals surface area (Å²) >= 11 is 0. The molecule has 1 aliphatic heterocycles. The Labute approximate surface area is 111 Å². The Balaban J connectivity index is 2.29. The summed E-state index contributed by atoms with van der Waals surface area (Å²) in [5.41, 5.74) is 7.65. The SMILES string of the molecule is CC(=O)N(C)C1=C(N)OC(c2ccc(C)cc2)C1=O. The van der Waals surface area contributed by atoms with E-state index in [1.165, 1.54) is 18.9 Å². The van der Waals surface area contributed by atoms with Gasteiger partial charge in [-0.05, 0) is 6.92 Å². The maximum atomic E-state index is 12.3. The van der Waals surface area contributed by atoms with Gasteiger partial charge < -0.3 is 15.4 Å². The number of ketones is 1. The highest BCUT2D eigenvalue weighted by molar-refractivity contribution is 6.03. The summed E-state index contributed by atoms with van der Waals surface area (Å²) in [6, 6.07) is 7.44. The molecule has 0 radical (unpaired) electrons. The zero-order valence-corrected chi connectivity index (χ0v) is 11.1. The number of nitrogens with two attached hydrogens (primary N) is 1. The van der Waals surface area contributed by atoms with E-state index in [-0.39, 0.29) is 23.3 Å². The zero-order valence-electron chi connectivity index (χ0n) is 11.1. The van der Waals surface area contributed by atoms with Crippen LogP contribution in [0.2, 0.25) is 0 Å². The molecule has 1 aromatic carbocycles. The molecule has 100 valence electrons. The van der Waals surface area contributed by atoms with Crippen LogP contribution < -0.4 is 5.73 Å². The molecule has 2 rings (SSSR count). The molecule has 19 heavy (non-hydrogen) atoms. The number of benzene rings is 1. The largest absolute Gasteiger partial charge is 0.461 e. The molecule has 1 unspecified atom stereocenters. The van der Waals surface area contributed by atoms with E-state index < -0.39 is 6.10 Å². The number of nitrogens with zero attached hydrogens (tertiary/aromatic N) is 1. The quantitative estimate of drug-likeness (QED) is 0.868. The van der Waals surface area contributed by atoms with Crippen LogP contribution in [-0.2, 0) is 14.3 Å². The second-order valence-electron chi connectivity index (χ2n) is 4.56. The van der Waals surface area contributed by atoms with E-state index in [2.05, 4.69) is 0 Å². The molecule has 1 aromatic rings. The minimum absolute atomic E-state index is 0.00623. The summed E-state index contributed by atoms with van der Waals surface area (Å²) in [4.78, 5) is 24.8. The Morgan fingerprint density at radius 1 is 1.32 bits per heavy atom. The minimum Gasteiger partial charge on any atom is -0.461 e. The van der Waals surface area contributed by atoms with E-state index in [4.69, 9.17) is 10.5 Å². The summed E-state index contributed by atoms with van der Waals surface area (Å²) in [6.07, 6.45) is -0.766. The average molecular weight is 260 g/mol. The Bertz CT molecular complexity index is 561. The maximum absolute atomic E-state index is 12.3. The van der Waals surface area contributed by atoms with Gasteiger partial charge in [0.25, 0.3) is 0 Å². The number of likely N-dealkylation sites (N-methyl/N-ethyl adjacent to an activating group) is 1. The predicted molar refractivity (Wildman–Crippen MR) is 69.7 cm³/mol. The molecule has 0 bridgehead atoms. The van der Waals surface area contributed by atoms with E-state index in [0.717, 1.165) is 11.1 Å². The first-order valence-corrected chi connectivity index (χ1v) is 5.93. The molecular formula is C14H16N2O3. The van der Waals surface area contributed by atoms with Crippen LogP contribution in [0, 0.1) is 6.92 Å². The highest BCUT2D eigenvalue weighted by Gasteiger charge is 2.38. The van der Waals surface area contributed by atoms with Crippen molar-refractivity contribution in [2.75, 3.05) is 7.05 Å². The lowest BCUT2D eigenvalue weighted by atomic mass is 10.0. The highest BCUT2D eigenvalue weighted by atomic mass is 16.5. The molecule has 1 heterocycles. The maximum Gasteiger partial charge on any atom is 0.229 e. The van der Waals surface area contributed by atoms with Crippen molar-refractivity contribution in [2.24, 2.45) is 5.73 Å². The van der Waals surface area contributed by atoms with Gasteiger partial charge >= 0.3 is 0 Å². The second kappa shape index (κ2) is 4.76. The van der Waals surface area contributed by atoms with Crippen LogP contribution in [0.5, 0.6) is 0 Å². The van der Waals surface area contributed by atoms with Gasteiger partial charge in [0.15, 0.2) is 11.8 Å². The number of aryl methyl sites for hydroxylation is 1. The smallest absolute Gasteiger partial charge is 0.229 e. The molecule has 0 aromatic heterocycles. The summed E-state index contributed by atoms with van der Waals surface area (Å²) in [6.45, 7) is 3.33. The molecule has 0 fully saturated rings. The standard InChI is InChI=1S/C14H16N2O3/c1-8-4-6-10(7-5-8)13-12(18)11(14(15)19-13)16(3)9(2)17/h4-7,13H,15H2,1-3H3. The van der Waals surface area contributed by atoms with Crippen molar-refractivity contribution in [3.05, 3.63) is 47.0 Å². The number of carbonyl (C=O) groups is 2. The topological polar surface area (TPSA) is 72.6 Å². The number of hydrogen-bond acceptors (Lipinski definition) is 4. The lowest BCUT2D eigenvalue weighted by Gasteiger charge is -2.14. The number of hydrogen-bond donors (Lipinski definition) is 1. The number of amides is 1. The first-order valence-electron chi connectivity index (χ1n) is 5.93. The molecule has 0 aliphatic carbocycles. The molecule has 5 nitrogen and oxygen atoms in total. The number of carbonyl (C=O) groups excluding carboxylic acids is 2. The Kier molecular flexibility index (Phi) is 3.29. The third-order valence-corrected chi connectivity index (χ3v) is 3.14. The van der Waals surface area contributed by atoms with E-state index in [1.807, 2.05) is 31.2 Å². The number of ether oxygens (including phenoxy) is 1. The van der Waals surface area contributed by atoms with Gasteiger partial charge in [0.2, 0.25) is 17.6 Å². The fourth-order valence-electron chi connectivity index (χ4n) is 1.93. The fraction of sp³-hybridized carbons (Fsp3) is 0.286. The summed E-state index contributed by atoms with van der Waals surface area (Å²) in [5.74, 6) is -0.563. The molecule has 2 N–H and O–H groups in total. The summed E-state index contributed by atoms with van der Waals surface area (Å²) in [7, 11) is 1.50. The van der Waals surface area contributed by atoms with Crippen molar-refractivity contribution in [3.63, 3.8) is 0 Å². The third-order valence-electron chi connectivity index (χ3n) is 3.14.